The summed E-state index contributed by atoms with van der Waals surface area (Å²) < 4.78 is 25.1. The molecule has 2 unspecified atom stereocenters. The third-order valence-electron chi connectivity index (χ3n) is 6.06. The summed E-state index contributed by atoms with van der Waals surface area (Å²) >= 11 is 0. The van der Waals surface area contributed by atoms with E-state index in [1.165, 1.54) is 6.42 Å². The molecule has 6 heteroatoms. The van der Waals surface area contributed by atoms with Crippen molar-refractivity contribution in [3.05, 3.63) is 0 Å². The number of hydrogen-bond donors (Lipinski definition) is 1. The van der Waals surface area contributed by atoms with Crippen LogP contribution >= 0.6 is 0 Å². The first-order valence-electron chi connectivity index (χ1n) is 9.09. The lowest BCUT2D eigenvalue weighted by atomic mass is 9.65. The van der Waals surface area contributed by atoms with Gasteiger partial charge in [0.05, 0.1) is 6.54 Å². The molecule has 3 aliphatic rings. The SMILES string of the molecule is NC1C2CCCC1CC(C(=O)N1CCCN(CC(F)F)CC1)C2. The van der Waals surface area contributed by atoms with Crippen LogP contribution in [-0.4, -0.2) is 60.9 Å². The van der Waals surface area contributed by atoms with Gasteiger partial charge in [-0.3, -0.25) is 9.69 Å². The molecule has 1 amide bonds. The van der Waals surface area contributed by atoms with Crippen molar-refractivity contribution < 1.29 is 13.6 Å². The average molecular weight is 329 g/mol. The largest absolute Gasteiger partial charge is 0.341 e. The summed E-state index contributed by atoms with van der Waals surface area (Å²) in [6.07, 6.45) is 3.90. The molecule has 3 fully saturated rings. The van der Waals surface area contributed by atoms with Crippen LogP contribution in [-0.2, 0) is 4.79 Å². The molecule has 2 saturated carbocycles. The Balaban J connectivity index is 1.56. The Morgan fingerprint density at radius 1 is 1.04 bits per heavy atom. The smallest absolute Gasteiger partial charge is 0.251 e. The highest BCUT2D eigenvalue weighted by Gasteiger charge is 2.41. The van der Waals surface area contributed by atoms with Crippen LogP contribution in [0.5, 0.6) is 0 Å². The minimum Gasteiger partial charge on any atom is -0.341 e. The highest BCUT2D eigenvalue weighted by molar-refractivity contribution is 5.79. The van der Waals surface area contributed by atoms with E-state index in [4.69, 9.17) is 5.73 Å². The van der Waals surface area contributed by atoms with Crippen molar-refractivity contribution in [3.8, 4) is 0 Å². The van der Waals surface area contributed by atoms with E-state index in [9.17, 15) is 13.6 Å². The van der Waals surface area contributed by atoms with Crippen molar-refractivity contribution in [2.75, 3.05) is 32.7 Å². The lowest BCUT2D eigenvalue weighted by Gasteiger charge is -2.44. The van der Waals surface area contributed by atoms with Crippen molar-refractivity contribution >= 4 is 5.91 Å². The highest BCUT2D eigenvalue weighted by atomic mass is 19.3. The van der Waals surface area contributed by atoms with Gasteiger partial charge in [-0.2, -0.15) is 0 Å². The molecule has 23 heavy (non-hydrogen) atoms. The third-order valence-corrected chi connectivity index (χ3v) is 6.06. The number of rotatable bonds is 3. The van der Waals surface area contributed by atoms with Gasteiger partial charge >= 0.3 is 0 Å². The molecule has 0 aromatic rings. The minimum absolute atomic E-state index is 0.103. The zero-order valence-electron chi connectivity index (χ0n) is 13.8. The van der Waals surface area contributed by atoms with Gasteiger partial charge in [-0.05, 0) is 43.9 Å². The molecule has 1 heterocycles. The fourth-order valence-corrected chi connectivity index (χ4v) is 4.82. The highest BCUT2D eigenvalue weighted by Crippen LogP contribution is 2.42. The van der Waals surface area contributed by atoms with E-state index >= 15 is 0 Å². The van der Waals surface area contributed by atoms with E-state index < -0.39 is 6.43 Å². The molecule has 3 rings (SSSR count). The van der Waals surface area contributed by atoms with E-state index in [-0.39, 0.29) is 24.4 Å². The van der Waals surface area contributed by atoms with Crippen molar-refractivity contribution in [1.82, 2.24) is 9.80 Å². The lowest BCUT2D eigenvalue weighted by Crippen LogP contribution is -2.50. The first-order chi connectivity index (χ1) is 11.0. The summed E-state index contributed by atoms with van der Waals surface area (Å²) in [6.45, 7) is 2.34. The Kier molecular flexibility index (Phi) is 5.52. The van der Waals surface area contributed by atoms with Crippen LogP contribution in [0.4, 0.5) is 8.78 Å². The predicted octanol–water partition coefficient (Wildman–Crippen LogP) is 1.94. The Labute approximate surface area is 137 Å². The fourth-order valence-electron chi connectivity index (χ4n) is 4.82. The molecular weight excluding hydrogens is 300 g/mol. The Morgan fingerprint density at radius 3 is 2.39 bits per heavy atom. The monoisotopic (exact) mass is 329 g/mol. The Bertz CT molecular complexity index is 407. The van der Waals surface area contributed by atoms with Crippen LogP contribution < -0.4 is 5.73 Å². The number of halogens is 2. The number of nitrogens with zero attached hydrogens (tertiary/aromatic N) is 2. The zero-order valence-corrected chi connectivity index (χ0v) is 13.8. The molecule has 2 atom stereocenters. The first kappa shape index (κ1) is 17.1. The van der Waals surface area contributed by atoms with Gasteiger partial charge in [0, 0.05) is 38.1 Å². The van der Waals surface area contributed by atoms with Crippen LogP contribution in [0.3, 0.4) is 0 Å². The molecule has 0 aromatic heterocycles. The average Bonchev–Trinajstić information content (AvgIpc) is 2.71. The van der Waals surface area contributed by atoms with E-state index in [2.05, 4.69) is 0 Å². The molecule has 0 radical (unpaired) electrons. The minimum atomic E-state index is -2.29. The van der Waals surface area contributed by atoms with E-state index in [0.29, 0.717) is 38.0 Å². The van der Waals surface area contributed by atoms with Gasteiger partial charge in [0.15, 0.2) is 0 Å². The first-order valence-corrected chi connectivity index (χ1v) is 9.09. The maximum atomic E-state index is 12.9. The summed E-state index contributed by atoms with van der Waals surface area (Å²) in [7, 11) is 0. The molecule has 1 aliphatic heterocycles. The molecule has 2 bridgehead atoms. The number of carbonyl (C=O) groups is 1. The van der Waals surface area contributed by atoms with Crippen molar-refractivity contribution in [1.29, 1.82) is 0 Å². The molecule has 1 saturated heterocycles. The number of fused-ring (bicyclic) bond motifs is 2. The van der Waals surface area contributed by atoms with E-state index in [1.54, 1.807) is 4.90 Å². The van der Waals surface area contributed by atoms with Crippen LogP contribution in [0, 0.1) is 17.8 Å². The van der Waals surface area contributed by atoms with Crippen LogP contribution in [0.15, 0.2) is 0 Å². The molecule has 2 N–H and O–H groups in total. The molecule has 4 nitrogen and oxygen atoms in total. The van der Waals surface area contributed by atoms with Gasteiger partial charge in [-0.25, -0.2) is 8.78 Å². The van der Waals surface area contributed by atoms with Crippen LogP contribution in [0.1, 0.15) is 38.5 Å². The maximum Gasteiger partial charge on any atom is 0.251 e. The van der Waals surface area contributed by atoms with Gasteiger partial charge in [-0.15, -0.1) is 0 Å². The molecule has 0 aromatic carbocycles. The predicted molar refractivity (Wildman–Crippen MR) is 85.2 cm³/mol. The molecule has 2 aliphatic carbocycles. The van der Waals surface area contributed by atoms with Gasteiger partial charge in [0.1, 0.15) is 0 Å². The van der Waals surface area contributed by atoms with E-state index in [0.717, 1.165) is 32.1 Å². The number of nitrogens with two attached hydrogens (primary N) is 1. The van der Waals surface area contributed by atoms with E-state index in [1.807, 2.05) is 4.90 Å². The van der Waals surface area contributed by atoms with Gasteiger partial charge < -0.3 is 10.6 Å². The normalized spacial score (nSPS) is 36.1. The summed E-state index contributed by atoms with van der Waals surface area (Å²) in [6, 6.07) is 0.276. The summed E-state index contributed by atoms with van der Waals surface area (Å²) in [4.78, 5) is 16.6. The molecule has 132 valence electrons. The number of carbonyl (C=O) groups excluding carboxylic acids is 1. The standard InChI is InChI=1S/C17H29F2N3O/c18-15(19)11-21-5-2-6-22(8-7-21)17(23)14-9-12-3-1-4-13(10-14)16(12)20/h12-16H,1-11,20H2. The van der Waals surface area contributed by atoms with Crippen molar-refractivity contribution in [3.63, 3.8) is 0 Å². The van der Waals surface area contributed by atoms with Crippen LogP contribution in [0.2, 0.25) is 0 Å². The van der Waals surface area contributed by atoms with Crippen molar-refractivity contribution in [2.24, 2.45) is 23.5 Å². The summed E-state index contributed by atoms with van der Waals surface area (Å²) in [5.41, 5.74) is 6.31. The second kappa shape index (κ2) is 7.43. The molecule has 0 spiro atoms. The number of amides is 1. The fraction of sp³-hybridized carbons (Fsp3) is 0.941. The quantitative estimate of drug-likeness (QED) is 0.861. The topological polar surface area (TPSA) is 49.6 Å². The second-order valence-corrected chi connectivity index (χ2v) is 7.57. The van der Waals surface area contributed by atoms with Gasteiger partial charge in [-0.1, -0.05) is 6.42 Å². The lowest BCUT2D eigenvalue weighted by molar-refractivity contribution is -0.138. The Morgan fingerprint density at radius 2 is 1.74 bits per heavy atom. The summed E-state index contributed by atoms with van der Waals surface area (Å²) in [5, 5.41) is 0. The number of hydrogen-bond acceptors (Lipinski definition) is 3. The number of alkyl halides is 2. The van der Waals surface area contributed by atoms with Gasteiger partial charge in [0.25, 0.3) is 6.43 Å². The third kappa shape index (κ3) is 4.02. The van der Waals surface area contributed by atoms with Gasteiger partial charge in [0.2, 0.25) is 5.91 Å². The second-order valence-electron chi connectivity index (χ2n) is 7.57. The van der Waals surface area contributed by atoms with Crippen LogP contribution in [0.25, 0.3) is 0 Å². The Hall–Kier alpha value is -0.750. The summed E-state index contributed by atoms with van der Waals surface area (Å²) in [5.74, 6) is 1.34. The molecular formula is C17H29F2N3O. The zero-order chi connectivity index (χ0) is 16.4. The maximum absolute atomic E-state index is 12.9. The van der Waals surface area contributed by atoms with Crippen molar-refractivity contribution in [2.45, 2.75) is 51.0 Å².